The van der Waals surface area contributed by atoms with E-state index in [9.17, 15) is 13.2 Å². The van der Waals surface area contributed by atoms with Crippen molar-refractivity contribution < 1.29 is 13.2 Å². The topological polar surface area (TPSA) is 101 Å². The molecule has 0 aliphatic heterocycles. The molecule has 1 aromatic rings. The molecule has 0 unspecified atom stereocenters. The van der Waals surface area contributed by atoms with Crippen molar-refractivity contribution in [3.05, 3.63) is 29.8 Å². The zero-order valence-electron chi connectivity index (χ0n) is 11.5. The maximum atomic E-state index is 12.1. The summed E-state index contributed by atoms with van der Waals surface area (Å²) in [5, 5.41) is 2.70. The van der Waals surface area contributed by atoms with Crippen LogP contribution in [0.5, 0.6) is 0 Å². The zero-order chi connectivity index (χ0) is 14.6. The molecule has 0 aromatic heterocycles. The molecule has 1 aliphatic rings. The highest BCUT2D eigenvalue weighted by Gasteiger charge is 2.28. The standard InChI is InChI=1S/C13H19N3O3S.ClH/c14-7-2-8-15-13(17)10-3-1-4-12(9-10)20(18,19)16-11-5-6-11;/h1,3-4,9,11,16H,2,5-8,14H2,(H,15,17);1H. The lowest BCUT2D eigenvalue weighted by molar-refractivity contribution is 0.0953. The van der Waals surface area contributed by atoms with Gasteiger partial charge < -0.3 is 11.1 Å². The van der Waals surface area contributed by atoms with E-state index in [2.05, 4.69) is 10.0 Å². The first-order chi connectivity index (χ1) is 9.53. The molecule has 0 spiro atoms. The third-order valence-corrected chi connectivity index (χ3v) is 4.49. The summed E-state index contributed by atoms with van der Waals surface area (Å²) < 4.78 is 26.7. The van der Waals surface area contributed by atoms with Gasteiger partial charge in [0.1, 0.15) is 0 Å². The number of rotatable bonds is 7. The van der Waals surface area contributed by atoms with Gasteiger partial charge in [-0.3, -0.25) is 4.79 Å². The van der Waals surface area contributed by atoms with Gasteiger partial charge >= 0.3 is 0 Å². The Morgan fingerprint density at radius 3 is 2.67 bits per heavy atom. The second kappa shape index (κ2) is 7.74. The van der Waals surface area contributed by atoms with E-state index >= 15 is 0 Å². The Morgan fingerprint density at radius 2 is 2.05 bits per heavy atom. The summed E-state index contributed by atoms with van der Waals surface area (Å²) in [6, 6.07) is 6.08. The second-order valence-electron chi connectivity index (χ2n) is 4.82. The Labute approximate surface area is 130 Å². The predicted octanol–water partition coefficient (Wildman–Crippen LogP) is 0.628. The molecule has 1 aliphatic carbocycles. The molecule has 1 saturated carbocycles. The van der Waals surface area contributed by atoms with Crippen molar-refractivity contribution in [2.24, 2.45) is 5.73 Å². The number of carbonyl (C=O) groups is 1. The van der Waals surface area contributed by atoms with Gasteiger partial charge in [0.25, 0.3) is 5.91 Å². The van der Waals surface area contributed by atoms with Gasteiger partial charge in [0.05, 0.1) is 4.90 Å². The van der Waals surface area contributed by atoms with Gasteiger partial charge in [0.15, 0.2) is 0 Å². The second-order valence-corrected chi connectivity index (χ2v) is 6.54. The highest BCUT2D eigenvalue weighted by Crippen LogP contribution is 2.22. The smallest absolute Gasteiger partial charge is 0.251 e. The number of amides is 1. The molecular formula is C13H20ClN3O3S. The molecule has 118 valence electrons. The number of hydrogen-bond donors (Lipinski definition) is 3. The van der Waals surface area contributed by atoms with Crippen LogP contribution in [-0.4, -0.2) is 33.5 Å². The Bertz CT molecular complexity index is 588. The maximum Gasteiger partial charge on any atom is 0.251 e. The average Bonchev–Trinajstić information content (AvgIpc) is 3.22. The highest BCUT2D eigenvalue weighted by molar-refractivity contribution is 7.89. The van der Waals surface area contributed by atoms with Crippen LogP contribution < -0.4 is 15.8 Å². The SMILES string of the molecule is Cl.NCCCNC(=O)c1cccc(S(=O)(=O)NC2CC2)c1. The van der Waals surface area contributed by atoms with E-state index in [0.717, 1.165) is 12.8 Å². The quantitative estimate of drug-likeness (QED) is 0.637. The lowest BCUT2D eigenvalue weighted by atomic mass is 10.2. The van der Waals surface area contributed by atoms with Crippen LogP contribution >= 0.6 is 12.4 Å². The summed E-state index contributed by atoms with van der Waals surface area (Å²) in [5.41, 5.74) is 5.68. The van der Waals surface area contributed by atoms with Gasteiger partial charge in [-0.05, 0) is 44.0 Å². The van der Waals surface area contributed by atoms with Crippen LogP contribution in [-0.2, 0) is 10.0 Å². The van der Waals surface area contributed by atoms with Crippen LogP contribution in [0.1, 0.15) is 29.6 Å². The molecule has 0 atom stereocenters. The summed E-state index contributed by atoms with van der Waals surface area (Å²) in [4.78, 5) is 12.0. The van der Waals surface area contributed by atoms with Gasteiger partial charge in [-0.1, -0.05) is 6.07 Å². The Hall–Kier alpha value is -1.15. The van der Waals surface area contributed by atoms with Crippen LogP contribution in [0, 0.1) is 0 Å². The van der Waals surface area contributed by atoms with Gasteiger partial charge in [-0.2, -0.15) is 0 Å². The van der Waals surface area contributed by atoms with E-state index in [0.29, 0.717) is 25.1 Å². The third-order valence-electron chi connectivity index (χ3n) is 2.97. The van der Waals surface area contributed by atoms with E-state index in [1.54, 1.807) is 12.1 Å². The maximum absolute atomic E-state index is 12.1. The summed E-state index contributed by atoms with van der Waals surface area (Å²) in [5.74, 6) is -0.290. The van der Waals surface area contributed by atoms with E-state index in [-0.39, 0.29) is 29.3 Å². The van der Waals surface area contributed by atoms with Crippen molar-refractivity contribution in [2.75, 3.05) is 13.1 Å². The minimum Gasteiger partial charge on any atom is -0.352 e. The van der Waals surface area contributed by atoms with Crippen molar-refractivity contribution in [1.82, 2.24) is 10.0 Å². The minimum atomic E-state index is -3.53. The third kappa shape index (κ3) is 5.28. The molecule has 1 aromatic carbocycles. The Morgan fingerprint density at radius 1 is 1.33 bits per heavy atom. The largest absolute Gasteiger partial charge is 0.352 e. The normalized spacial score (nSPS) is 14.3. The molecular weight excluding hydrogens is 314 g/mol. The van der Waals surface area contributed by atoms with Crippen molar-refractivity contribution in [1.29, 1.82) is 0 Å². The molecule has 0 radical (unpaired) electrons. The van der Waals surface area contributed by atoms with Gasteiger partial charge in [-0.25, -0.2) is 13.1 Å². The van der Waals surface area contributed by atoms with Crippen LogP contribution in [0.3, 0.4) is 0 Å². The summed E-state index contributed by atoms with van der Waals surface area (Å²) in [7, 11) is -3.53. The molecule has 8 heteroatoms. The van der Waals surface area contributed by atoms with E-state index in [1.165, 1.54) is 12.1 Å². The number of sulfonamides is 1. The lowest BCUT2D eigenvalue weighted by Gasteiger charge is -2.08. The first-order valence-corrected chi connectivity index (χ1v) is 8.12. The molecule has 2 rings (SSSR count). The fourth-order valence-corrected chi connectivity index (χ4v) is 3.05. The van der Waals surface area contributed by atoms with Gasteiger partial charge in [0, 0.05) is 18.2 Å². The summed E-state index contributed by atoms with van der Waals surface area (Å²) in [6.07, 6.45) is 2.43. The molecule has 1 fully saturated rings. The molecule has 0 heterocycles. The van der Waals surface area contributed by atoms with Crippen molar-refractivity contribution in [2.45, 2.75) is 30.2 Å². The molecule has 0 bridgehead atoms. The van der Waals surface area contributed by atoms with Crippen molar-refractivity contribution in [3.8, 4) is 0 Å². The van der Waals surface area contributed by atoms with Gasteiger partial charge in [-0.15, -0.1) is 12.4 Å². The molecule has 6 nitrogen and oxygen atoms in total. The predicted molar refractivity (Wildman–Crippen MR) is 83.0 cm³/mol. The van der Waals surface area contributed by atoms with E-state index in [4.69, 9.17) is 5.73 Å². The van der Waals surface area contributed by atoms with E-state index < -0.39 is 10.0 Å². The summed E-state index contributed by atoms with van der Waals surface area (Å²) >= 11 is 0. The fraction of sp³-hybridized carbons (Fsp3) is 0.462. The zero-order valence-corrected chi connectivity index (χ0v) is 13.2. The Balaban J connectivity index is 0.00000220. The summed E-state index contributed by atoms with van der Waals surface area (Å²) in [6.45, 7) is 0.979. The number of hydrogen-bond acceptors (Lipinski definition) is 4. The van der Waals surface area contributed by atoms with Crippen molar-refractivity contribution in [3.63, 3.8) is 0 Å². The highest BCUT2D eigenvalue weighted by atomic mass is 35.5. The number of nitrogens with one attached hydrogen (secondary N) is 2. The fourth-order valence-electron chi connectivity index (χ4n) is 1.70. The monoisotopic (exact) mass is 333 g/mol. The molecule has 0 saturated heterocycles. The van der Waals surface area contributed by atoms with Crippen LogP contribution in [0.25, 0.3) is 0 Å². The minimum absolute atomic E-state index is 0. The molecule has 21 heavy (non-hydrogen) atoms. The lowest BCUT2D eigenvalue weighted by Crippen LogP contribution is -2.28. The first-order valence-electron chi connectivity index (χ1n) is 6.63. The number of halogens is 1. The number of nitrogens with two attached hydrogens (primary N) is 1. The van der Waals surface area contributed by atoms with Crippen LogP contribution in [0.2, 0.25) is 0 Å². The molecule has 1 amide bonds. The first kappa shape index (κ1) is 17.9. The van der Waals surface area contributed by atoms with Crippen LogP contribution in [0.15, 0.2) is 29.2 Å². The van der Waals surface area contributed by atoms with Gasteiger partial charge in [0.2, 0.25) is 10.0 Å². The van der Waals surface area contributed by atoms with E-state index in [1.807, 2.05) is 0 Å². The average molecular weight is 334 g/mol. The number of benzene rings is 1. The number of carbonyl (C=O) groups excluding carboxylic acids is 1. The molecule has 4 N–H and O–H groups in total. The van der Waals surface area contributed by atoms with Crippen LogP contribution in [0.4, 0.5) is 0 Å². The Kier molecular flexibility index (Phi) is 6.60. The van der Waals surface area contributed by atoms with Crippen molar-refractivity contribution >= 4 is 28.3 Å².